The number of nitrogens with one attached hydrogen (secondary N) is 1. The van der Waals surface area contributed by atoms with E-state index < -0.39 is 94.2 Å². The van der Waals surface area contributed by atoms with E-state index in [9.17, 15) is 39.9 Å². The predicted octanol–water partition coefficient (Wildman–Crippen LogP) is 2.79. The van der Waals surface area contributed by atoms with Crippen molar-refractivity contribution in [3.8, 4) is 23.0 Å². The van der Waals surface area contributed by atoms with Crippen LogP contribution in [0.15, 0.2) is 77.6 Å². The summed E-state index contributed by atoms with van der Waals surface area (Å²) in [5, 5.41) is 69.8. The molecule has 4 aliphatic rings. The summed E-state index contributed by atoms with van der Waals surface area (Å²) in [4.78, 5) is 43.1. The number of hydrogen-bond acceptors (Lipinski definition) is 15. The Morgan fingerprint density at radius 1 is 0.971 bits per heavy atom. The third-order valence-corrected chi connectivity index (χ3v) is 13.2. The first-order valence-electron chi connectivity index (χ1n) is 22.6. The van der Waals surface area contributed by atoms with Gasteiger partial charge in [-0.15, -0.1) is 0 Å². The van der Waals surface area contributed by atoms with Gasteiger partial charge < -0.3 is 49.8 Å². The van der Waals surface area contributed by atoms with Crippen LogP contribution in [0.4, 0.5) is 5.69 Å². The molecule has 0 radical (unpaired) electrons. The maximum atomic E-state index is 14.6. The first-order valence-corrected chi connectivity index (χ1v) is 22.6. The van der Waals surface area contributed by atoms with Crippen LogP contribution in [0.5, 0.6) is 23.0 Å². The number of carbonyl (C=O) groups is 3. The minimum Gasteiger partial charge on any atom is -0.872 e. The van der Waals surface area contributed by atoms with E-state index in [2.05, 4.69) is 27.5 Å². The topological polar surface area (TPSA) is 223 Å². The smallest absolute Gasteiger partial charge is 0.872 e. The van der Waals surface area contributed by atoms with Gasteiger partial charge in [-0.3, -0.25) is 24.3 Å². The van der Waals surface area contributed by atoms with Gasteiger partial charge in [-0.05, 0) is 31.1 Å². The molecule has 0 aliphatic carbocycles. The molecule has 5 bridgehead atoms. The Labute approximate surface area is 419 Å². The van der Waals surface area contributed by atoms with Crippen molar-refractivity contribution in [1.82, 2.24) is 9.91 Å². The van der Waals surface area contributed by atoms with Crippen LogP contribution >= 0.6 is 0 Å². The van der Waals surface area contributed by atoms with Crippen LogP contribution in [0.3, 0.4) is 0 Å². The SMILES string of the molecule is CO[C@H]1/C=C/O[C@@]2(C)Oc3c(C)c([O-])c4c(O)c(c(/C=N\N5CCN(C/C=C/c6ccccc6)CC5)c(O)c4c3C2=O)NC(=O)/C(C)=C\C=C\[C@@H](C)[C@H](O)[C@@H](C)[C@H](O)[C@@H](C)[C@H](OC(C)=O)[C@@H]1C.[Na+]. The summed E-state index contributed by atoms with van der Waals surface area (Å²) < 4.78 is 23.7. The zero-order valence-electron chi connectivity index (χ0n) is 40.6. The van der Waals surface area contributed by atoms with E-state index >= 15 is 0 Å². The molecule has 16 nitrogen and oxygen atoms in total. The Hall–Kier alpha value is -5.20. The van der Waals surface area contributed by atoms with Crippen molar-refractivity contribution in [2.75, 3.05) is 45.2 Å². The molecular formula is C51H63N4NaO12. The van der Waals surface area contributed by atoms with E-state index in [1.807, 2.05) is 30.3 Å². The quantitative estimate of drug-likeness (QED) is 0.0756. The van der Waals surface area contributed by atoms with Crippen LogP contribution in [0.25, 0.3) is 16.8 Å². The molecule has 360 valence electrons. The van der Waals surface area contributed by atoms with Crippen molar-refractivity contribution >= 4 is 46.4 Å². The maximum Gasteiger partial charge on any atom is 1.00 e. The van der Waals surface area contributed by atoms with Gasteiger partial charge in [-0.1, -0.05) is 94.2 Å². The number of Topliss-reactive ketones (excluding diaryl/α,β-unsaturated/α-hetero) is 1. The number of methoxy groups -OCH3 is 1. The number of aliphatic hydroxyl groups is 2. The number of carbonyl (C=O) groups excluding carboxylic acids is 3. The number of benzene rings is 3. The molecule has 1 saturated heterocycles. The first kappa shape index (κ1) is 53.8. The summed E-state index contributed by atoms with van der Waals surface area (Å²) in [7, 11) is 1.43. The fraction of sp³-hybridized carbons (Fsp3) is 0.451. The fourth-order valence-electron chi connectivity index (χ4n) is 8.94. The number of amides is 1. The van der Waals surface area contributed by atoms with E-state index in [0.717, 1.165) is 12.1 Å². The van der Waals surface area contributed by atoms with Gasteiger partial charge >= 0.3 is 41.3 Å². The number of phenolic OH excluding ortho intramolecular Hbond substituents is 2. The molecule has 7 rings (SSSR count). The molecule has 4 heterocycles. The van der Waals surface area contributed by atoms with E-state index in [1.54, 1.807) is 44.9 Å². The summed E-state index contributed by atoms with van der Waals surface area (Å²) in [5.41, 5.74) is 0.480. The van der Waals surface area contributed by atoms with Gasteiger partial charge in [0, 0.05) is 93.7 Å². The number of nitrogens with zero attached hydrogens (tertiary/aromatic N) is 3. The van der Waals surface area contributed by atoms with Crippen LogP contribution in [0, 0.1) is 30.6 Å². The van der Waals surface area contributed by atoms with E-state index in [4.69, 9.17) is 18.9 Å². The maximum absolute atomic E-state index is 14.6. The van der Waals surface area contributed by atoms with Crippen molar-refractivity contribution in [2.45, 2.75) is 85.6 Å². The van der Waals surface area contributed by atoms with Crippen LogP contribution < -0.4 is 44.7 Å². The molecule has 0 saturated carbocycles. The number of ether oxygens (including phenoxy) is 4. The third kappa shape index (κ3) is 11.5. The number of rotatable bonds is 7. The molecule has 0 spiro atoms. The number of hydrazone groups is 1. The minimum atomic E-state index is -2.09. The van der Waals surface area contributed by atoms with Crippen LogP contribution in [-0.2, 0) is 23.8 Å². The summed E-state index contributed by atoms with van der Waals surface area (Å²) in [5.74, 6) is -8.96. The first-order chi connectivity index (χ1) is 31.8. The van der Waals surface area contributed by atoms with E-state index in [1.165, 1.54) is 59.4 Å². The van der Waals surface area contributed by atoms with Crippen LogP contribution in [0.1, 0.15) is 75.5 Å². The number of ketones is 1. The zero-order chi connectivity index (χ0) is 48.9. The van der Waals surface area contributed by atoms with Gasteiger partial charge in [0.05, 0.1) is 47.6 Å². The van der Waals surface area contributed by atoms with Crippen molar-refractivity contribution in [2.24, 2.45) is 28.8 Å². The number of phenols is 2. The fourth-order valence-corrected chi connectivity index (χ4v) is 8.94. The number of anilines is 1. The standard InChI is InChI=1S/C51H64N4O12.Na/c1-28-15-13-16-29(2)50(63)53-41-36(27-52-55-24-22-54(23-25-55)21-14-19-35-17-11-10-12-18-35)45(60)38-39(46(41)61)44(59)33(6)48-40(38)49(62)51(8,67-48)65-26-20-37(64-9)30(3)47(66-34(7)56)32(5)43(58)31(4)42(28)57;/h10-20,26-28,30-32,37,42-43,47,57-61H,21-25H2,1-9H3,(H,53,63);/q;+1/p-1/b15-13+,19-14+,26-20+,29-16-,52-27-;/t28-,30-,31-,32-,37+,42+,43+,47-,51+;/m1./s1. The van der Waals surface area contributed by atoms with Gasteiger partial charge in [-0.25, -0.2) is 0 Å². The third-order valence-electron chi connectivity index (χ3n) is 13.2. The summed E-state index contributed by atoms with van der Waals surface area (Å²) in [6.45, 7) is 15.5. The van der Waals surface area contributed by atoms with Crippen LogP contribution in [0.2, 0.25) is 0 Å². The monoisotopic (exact) mass is 946 g/mol. The second-order valence-corrected chi connectivity index (χ2v) is 17.9. The second-order valence-electron chi connectivity index (χ2n) is 17.9. The van der Waals surface area contributed by atoms with Crippen molar-refractivity contribution in [3.05, 3.63) is 94.8 Å². The molecule has 0 aromatic heterocycles. The van der Waals surface area contributed by atoms with Gasteiger partial charge in [0.25, 0.3) is 11.7 Å². The molecule has 0 unspecified atom stereocenters. The van der Waals surface area contributed by atoms with Crippen molar-refractivity contribution in [1.29, 1.82) is 0 Å². The molecule has 3 aromatic carbocycles. The number of piperazine rings is 1. The Morgan fingerprint density at radius 3 is 2.29 bits per heavy atom. The molecule has 1 amide bonds. The molecular weight excluding hydrogens is 884 g/mol. The Bertz CT molecular complexity index is 2480. The number of hydrogen-bond donors (Lipinski definition) is 5. The Balaban J connectivity index is 0.00000864. The summed E-state index contributed by atoms with van der Waals surface area (Å²) >= 11 is 0. The molecule has 5 N–H and O–H groups in total. The molecule has 3 aromatic rings. The summed E-state index contributed by atoms with van der Waals surface area (Å²) in [6, 6.07) is 10.00. The molecule has 68 heavy (non-hydrogen) atoms. The molecule has 4 aliphatic heterocycles. The van der Waals surface area contributed by atoms with Gasteiger partial charge in [0.15, 0.2) is 0 Å². The Morgan fingerprint density at radius 2 is 1.65 bits per heavy atom. The number of aliphatic hydroxyl groups excluding tert-OH is 2. The molecule has 17 heteroatoms. The summed E-state index contributed by atoms with van der Waals surface area (Å²) in [6.07, 6.45) is 8.91. The van der Waals surface area contributed by atoms with Gasteiger partial charge in [0.1, 0.15) is 23.4 Å². The molecule has 1 fully saturated rings. The van der Waals surface area contributed by atoms with Gasteiger partial charge in [-0.2, -0.15) is 5.10 Å². The predicted molar refractivity (Wildman–Crippen MR) is 253 cm³/mol. The average molecular weight is 947 g/mol. The largest absolute Gasteiger partial charge is 1.00 e. The number of esters is 1. The van der Waals surface area contributed by atoms with Crippen molar-refractivity contribution in [3.63, 3.8) is 0 Å². The zero-order valence-corrected chi connectivity index (χ0v) is 42.6. The normalized spacial score (nSPS) is 29.3. The number of allylic oxidation sites excluding steroid dienone is 2. The van der Waals surface area contributed by atoms with E-state index in [-0.39, 0.29) is 68.6 Å². The minimum absolute atomic E-state index is 0. The molecule has 9 atom stereocenters. The van der Waals surface area contributed by atoms with Gasteiger partial charge in [0.2, 0.25) is 0 Å². The second kappa shape index (κ2) is 22.9. The number of aromatic hydroxyl groups is 2. The van der Waals surface area contributed by atoms with Crippen LogP contribution in [-0.4, -0.2) is 124 Å². The van der Waals surface area contributed by atoms with E-state index in [0.29, 0.717) is 26.2 Å². The number of fused-ring (bicyclic) bond motifs is 14. The Kier molecular flexibility index (Phi) is 18.1. The van der Waals surface area contributed by atoms with Crippen molar-refractivity contribution < 1.29 is 88.4 Å². The average Bonchev–Trinajstić information content (AvgIpc) is 3.57.